The summed E-state index contributed by atoms with van der Waals surface area (Å²) >= 11 is 0. The lowest BCUT2D eigenvalue weighted by molar-refractivity contribution is 0.0292. The molecule has 0 saturated carbocycles. The topological polar surface area (TPSA) is 81.4 Å². The average molecular weight is 564 g/mol. The molecule has 1 saturated heterocycles. The molecule has 9 nitrogen and oxygen atoms in total. The Kier molecular flexibility index (Phi) is 10.0. The molecule has 3 heterocycles. The van der Waals surface area contributed by atoms with Gasteiger partial charge in [-0.3, -0.25) is 0 Å². The number of likely N-dealkylation sites (tertiary alicyclic amines) is 1. The number of aromatic nitrogens is 3. The summed E-state index contributed by atoms with van der Waals surface area (Å²) in [5.74, 6) is 1.02. The largest absolute Gasteiger partial charge is 0.444 e. The van der Waals surface area contributed by atoms with Crippen molar-refractivity contribution in [3.05, 3.63) is 24.0 Å². The Morgan fingerprint density at radius 1 is 1.05 bits per heavy atom. The lowest BCUT2D eigenvalue weighted by Crippen LogP contribution is -2.35. The van der Waals surface area contributed by atoms with E-state index in [0.29, 0.717) is 26.6 Å². The molecular formula is C27H49N5O4Si2. The van der Waals surface area contributed by atoms with Crippen LogP contribution in [-0.2, 0) is 14.2 Å². The number of carbonyl (C=O) groups is 1. The van der Waals surface area contributed by atoms with Crippen LogP contribution in [0, 0.1) is 0 Å². The highest BCUT2D eigenvalue weighted by molar-refractivity contribution is 6.76. The molecule has 1 unspecified atom stereocenters. The van der Waals surface area contributed by atoms with E-state index in [1.54, 1.807) is 11.1 Å². The van der Waals surface area contributed by atoms with Gasteiger partial charge in [0, 0.05) is 60.5 Å². The van der Waals surface area contributed by atoms with Gasteiger partial charge in [0.2, 0.25) is 0 Å². The van der Waals surface area contributed by atoms with Crippen molar-refractivity contribution in [2.24, 2.45) is 0 Å². The molecule has 11 heteroatoms. The number of hydrogen-bond acceptors (Lipinski definition) is 7. The Hall–Kier alpha value is -1.96. The number of rotatable bonds is 12. The van der Waals surface area contributed by atoms with Gasteiger partial charge in [-0.1, -0.05) is 39.3 Å². The van der Waals surface area contributed by atoms with Crippen molar-refractivity contribution in [2.75, 3.05) is 44.7 Å². The predicted octanol–water partition coefficient (Wildman–Crippen LogP) is 5.88. The van der Waals surface area contributed by atoms with Gasteiger partial charge in [-0.15, -0.1) is 0 Å². The van der Waals surface area contributed by atoms with E-state index in [-0.39, 0.29) is 12.0 Å². The van der Waals surface area contributed by atoms with Gasteiger partial charge in [0.05, 0.1) is 11.9 Å². The average Bonchev–Trinajstić information content (AvgIpc) is 3.44. The van der Waals surface area contributed by atoms with Crippen LogP contribution >= 0.6 is 0 Å². The molecule has 2 aromatic rings. The van der Waals surface area contributed by atoms with Gasteiger partial charge >= 0.3 is 6.09 Å². The summed E-state index contributed by atoms with van der Waals surface area (Å²) in [4.78, 5) is 21.5. The second-order valence-corrected chi connectivity index (χ2v) is 25.0. The van der Waals surface area contributed by atoms with Crippen LogP contribution in [0.4, 0.5) is 10.6 Å². The summed E-state index contributed by atoms with van der Waals surface area (Å²) in [5, 5.41) is 4.56. The maximum absolute atomic E-state index is 12.7. The highest BCUT2D eigenvalue weighted by Gasteiger charge is 2.32. The van der Waals surface area contributed by atoms with Crippen molar-refractivity contribution < 1.29 is 19.0 Å². The van der Waals surface area contributed by atoms with E-state index in [4.69, 9.17) is 19.2 Å². The van der Waals surface area contributed by atoms with Crippen LogP contribution < -0.4 is 4.90 Å². The van der Waals surface area contributed by atoms with Gasteiger partial charge in [-0.2, -0.15) is 9.61 Å². The second kappa shape index (κ2) is 12.5. The first-order chi connectivity index (χ1) is 17.6. The zero-order chi connectivity index (χ0) is 28.1. The van der Waals surface area contributed by atoms with Crippen LogP contribution in [0.15, 0.2) is 18.3 Å². The van der Waals surface area contributed by atoms with E-state index >= 15 is 0 Å². The lowest BCUT2D eigenvalue weighted by Gasteiger charge is -2.27. The summed E-state index contributed by atoms with van der Waals surface area (Å²) in [6, 6.07) is 6.23. The molecule has 38 heavy (non-hydrogen) atoms. The number of carbonyl (C=O) groups excluding carboxylic acids is 1. The Labute approximate surface area is 230 Å². The Morgan fingerprint density at radius 2 is 1.66 bits per heavy atom. The van der Waals surface area contributed by atoms with Gasteiger partial charge in [-0.25, -0.2) is 9.78 Å². The minimum absolute atomic E-state index is 0.128. The van der Waals surface area contributed by atoms with E-state index in [9.17, 15) is 4.79 Å². The summed E-state index contributed by atoms with van der Waals surface area (Å²) in [5.41, 5.74) is 1.22. The fourth-order valence-electron chi connectivity index (χ4n) is 4.12. The standard InChI is InChI=1S/C27H49N5O4Si2/c1-27(2,3)36-26(33)30-13-11-22(19-30)23-18-25(32-24(29-23)10-12-28-32)31(20-34-14-16-37(4,5)6)21-35-15-17-38(7,8)9/h10,12,18,22H,11,13-17,19-21H2,1-9H3. The molecule has 0 bridgehead atoms. The fraction of sp³-hybridized carbons (Fsp3) is 0.741. The molecule has 214 valence electrons. The first-order valence-corrected chi connectivity index (χ1v) is 21.3. The first kappa shape index (κ1) is 30.6. The molecule has 0 radical (unpaired) electrons. The third-order valence-corrected chi connectivity index (χ3v) is 9.84. The van der Waals surface area contributed by atoms with Crippen LogP contribution in [0.5, 0.6) is 0 Å². The van der Waals surface area contributed by atoms with Crippen LogP contribution in [0.25, 0.3) is 5.65 Å². The van der Waals surface area contributed by atoms with Crippen LogP contribution in [0.1, 0.15) is 38.8 Å². The van der Waals surface area contributed by atoms with Crippen LogP contribution in [0.3, 0.4) is 0 Å². The molecule has 0 spiro atoms. The Bertz CT molecular complexity index is 1040. The number of nitrogens with zero attached hydrogens (tertiary/aromatic N) is 5. The van der Waals surface area contributed by atoms with E-state index < -0.39 is 21.7 Å². The number of fused-ring (bicyclic) bond motifs is 1. The predicted molar refractivity (Wildman–Crippen MR) is 159 cm³/mol. The van der Waals surface area contributed by atoms with E-state index in [1.807, 2.05) is 31.4 Å². The quantitative estimate of drug-likeness (QED) is 0.181. The molecule has 0 aromatic carbocycles. The van der Waals surface area contributed by atoms with Gasteiger partial charge < -0.3 is 24.0 Å². The zero-order valence-electron chi connectivity index (χ0n) is 25.0. The molecule has 1 aliphatic heterocycles. The maximum Gasteiger partial charge on any atom is 0.410 e. The molecule has 2 aromatic heterocycles. The molecule has 1 aliphatic rings. The maximum atomic E-state index is 12.7. The summed E-state index contributed by atoms with van der Waals surface area (Å²) < 4.78 is 19.8. The third kappa shape index (κ3) is 9.66. The Morgan fingerprint density at radius 3 is 2.21 bits per heavy atom. The highest BCUT2D eigenvalue weighted by Crippen LogP contribution is 2.30. The normalized spacial score (nSPS) is 16.9. The SMILES string of the molecule is CC(C)(C)OC(=O)N1CCC(c2cc(N(COCC[Si](C)(C)C)COCC[Si](C)(C)C)n3nccc3n2)C1. The summed E-state index contributed by atoms with van der Waals surface area (Å²) in [6.45, 7) is 23.4. The summed E-state index contributed by atoms with van der Waals surface area (Å²) in [6.07, 6.45) is 2.35. The van der Waals surface area contributed by atoms with Crippen LogP contribution in [0.2, 0.25) is 51.4 Å². The molecular weight excluding hydrogens is 515 g/mol. The second-order valence-electron chi connectivity index (χ2n) is 13.8. The van der Waals surface area contributed by atoms with Crippen molar-refractivity contribution in [3.63, 3.8) is 0 Å². The van der Waals surface area contributed by atoms with Crippen molar-refractivity contribution in [1.29, 1.82) is 0 Å². The minimum Gasteiger partial charge on any atom is -0.444 e. The monoisotopic (exact) mass is 563 g/mol. The first-order valence-electron chi connectivity index (χ1n) is 13.8. The highest BCUT2D eigenvalue weighted by atomic mass is 28.3. The van der Waals surface area contributed by atoms with Crippen molar-refractivity contribution >= 4 is 33.7 Å². The van der Waals surface area contributed by atoms with Crippen molar-refractivity contribution in [3.8, 4) is 0 Å². The molecule has 0 N–H and O–H groups in total. The van der Waals surface area contributed by atoms with Crippen molar-refractivity contribution in [1.82, 2.24) is 19.5 Å². The van der Waals surface area contributed by atoms with Crippen molar-refractivity contribution in [2.45, 2.75) is 90.1 Å². The molecule has 1 fully saturated rings. The molecule has 1 amide bonds. The molecule has 1 atom stereocenters. The minimum atomic E-state index is -1.19. The lowest BCUT2D eigenvalue weighted by atomic mass is 10.0. The fourth-order valence-corrected chi connectivity index (χ4v) is 5.63. The number of amides is 1. The smallest absolute Gasteiger partial charge is 0.410 e. The van der Waals surface area contributed by atoms with Gasteiger partial charge in [-0.05, 0) is 39.3 Å². The van der Waals surface area contributed by atoms with E-state index in [1.165, 1.54) is 0 Å². The van der Waals surface area contributed by atoms with Gasteiger partial charge in [0.25, 0.3) is 0 Å². The number of anilines is 1. The Balaban J connectivity index is 1.79. The van der Waals surface area contributed by atoms with E-state index in [0.717, 1.165) is 48.9 Å². The van der Waals surface area contributed by atoms with Gasteiger partial charge in [0.1, 0.15) is 24.9 Å². The molecule has 3 rings (SSSR count). The van der Waals surface area contributed by atoms with Crippen LogP contribution in [-0.4, -0.2) is 87.1 Å². The zero-order valence-corrected chi connectivity index (χ0v) is 27.0. The summed E-state index contributed by atoms with van der Waals surface area (Å²) in [7, 11) is -2.38. The van der Waals surface area contributed by atoms with Gasteiger partial charge in [0.15, 0.2) is 5.65 Å². The number of hydrogen-bond donors (Lipinski definition) is 0. The van der Waals surface area contributed by atoms with E-state index in [2.05, 4.69) is 55.3 Å². The third-order valence-electron chi connectivity index (χ3n) is 6.43. The number of ether oxygens (including phenoxy) is 3. The molecule has 0 aliphatic carbocycles.